The zero-order valence-corrected chi connectivity index (χ0v) is 9.19. The smallest absolute Gasteiger partial charge is 0.192 e. The van der Waals surface area contributed by atoms with Gasteiger partial charge < -0.3 is 15.2 Å². The fourth-order valence-corrected chi connectivity index (χ4v) is 1.83. The summed E-state index contributed by atoms with van der Waals surface area (Å²) < 4.78 is 11.5. The Labute approximate surface area is 90.2 Å². The topological polar surface area (TPSA) is 44.5 Å². The van der Waals surface area contributed by atoms with E-state index in [1.807, 2.05) is 19.1 Å². The maximum Gasteiger partial charge on any atom is 0.192 e. The molecule has 2 atom stereocenters. The second kappa shape index (κ2) is 3.93. The zero-order chi connectivity index (χ0) is 10.9. The molecule has 82 valence electrons. The summed E-state index contributed by atoms with van der Waals surface area (Å²) in [5.74, 6) is -0.629. The summed E-state index contributed by atoms with van der Waals surface area (Å²) in [4.78, 5) is 0. The summed E-state index contributed by atoms with van der Waals surface area (Å²) in [6, 6.07) is 8.17. The van der Waals surface area contributed by atoms with Gasteiger partial charge in [-0.05, 0) is 13.8 Å². The van der Waals surface area contributed by atoms with Crippen molar-refractivity contribution in [1.82, 2.24) is 0 Å². The van der Waals surface area contributed by atoms with E-state index in [1.54, 1.807) is 0 Å². The van der Waals surface area contributed by atoms with Crippen molar-refractivity contribution in [2.45, 2.75) is 25.7 Å². The molecule has 2 unspecified atom stereocenters. The molecule has 1 aliphatic heterocycles. The Kier molecular flexibility index (Phi) is 2.78. The third-order valence-corrected chi connectivity index (χ3v) is 2.74. The summed E-state index contributed by atoms with van der Waals surface area (Å²) in [6.07, 6.45) is 0.00973. The molecule has 2 rings (SSSR count). The molecular formula is C12H17NO2. The Morgan fingerprint density at radius 2 is 2.33 bits per heavy atom. The van der Waals surface area contributed by atoms with E-state index in [0.717, 1.165) is 5.56 Å². The number of hydrogen-bond acceptors (Lipinski definition) is 3. The highest BCUT2D eigenvalue weighted by Crippen LogP contribution is 2.33. The SMILES string of the molecule is Cc1cccc(C2(C)OCC(CN)O2)c1. The molecule has 1 aliphatic rings. The lowest BCUT2D eigenvalue weighted by Gasteiger charge is -2.24. The van der Waals surface area contributed by atoms with Crippen molar-refractivity contribution in [3.63, 3.8) is 0 Å². The van der Waals surface area contributed by atoms with Crippen LogP contribution in [0.15, 0.2) is 24.3 Å². The van der Waals surface area contributed by atoms with E-state index in [2.05, 4.69) is 19.1 Å². The first-order valence-electron chi connectivity index (χ1n) is 5.23. The quantitative estimate of drug-likeness (QED) is 0.800. The van der Waals surface area contributed by atoms with E-state index in [4.69, 9.17) is 15.2 Å². The van der Waals surface area contributed by atoms with Gasteiger partial charge in [0.25, 0.3) is 0 Å². The summed E-state index contributed by atoms with van der Waals surface area (Å²) >= 11 is 0. The molecule has 1 fully saturated rings. The summed E-state index contributed by atoms with van der Waals surface area (Å²) in [7, 11) is 0. The fourth-order valence-electron chi connectivity index (χ4n) is 1.83. The van der Waals surface area contributed by atoms with Crippen LogP contribution in [0.2, 0.25) is 0 Å². The lowest BCUT2D eigenvalue weighted by atomic mass is 10.1. The number of rotatable bonds is 2. The van der Waals surface area contributed by atoms with E-state index >= 15 is 0 Å². The number of benzene rings is 1. The third-order valence-electron chi connectivity index (χ3n) is 2.74. The second-order valence-corrected chi connectivity index (χ2v) is 4.10. The van der Waals surface area contributed by atoms with Crippen molar-refractivity contribution in [1.29, 1.82) is 0 Å². The van der Waals surface area contributed by atoms with Gasteiger partial charge in [0.15, 0.2) is 5.79 Å². The maximum absolute atomic E-state index is 5.79. The van der Waals surface area contributed by atoms with Crippen molar-refractivity contribution in [3.05, 3.63) is 35.4 Å². The van der Waals surface area contributed by atoms with Crippen LogP contribution in [0.4, 0.5) is 0 Å². The minimum Gasteiger partial charge on any atom is -0.343 e. The molecule has 0 saturated carbocycles. The first-order chi connectivity index (χ1) is 7.14. The van der Waals surface area contributed by atoms with Gasteiger partial charge in [-0.1, -0.05) is 29.8 Å². The highest BCUT2D eigenvalue weighted by Gasteiger charge is 2.38. The molecule has 3 heteroatoms. The Hall–Kier alpha value is -0.900. The number of hydrogen-bond donors (Lipinski definition) is 1. The summed E-state index contributed by atoms with van der Waals surface area (Å²) in [6.45, 7) is 5.07. The van der Waals surface area contributed by atoms with Crippen LogP contribution in [0.5, 0.6) is 0 Å². The minimum absolute atomic E-state index is 0.00973. The van der Waals surface area contributed by atoms with Crippen molar-refractivity contribution in [2.24, 2.45) is 5.73 Å². The minimum atomic E-state index is -0.629. The number of nitrogens with two attached hydrogens (primary N) is 1. The van der Waals surface area contributed by atoms with Crippen LogP contribution in [-0.2, 0) is 15.3 Å². The van der Waals surface area contributed by atoms with Crippen molar-refractivity contribution >= 4 is 0 Å². The van der Waals surface area contributed by atoms with Gasteiger partial charge in [0.2, 0.25) is 0 Å². The summed E-state index contributed by atoms with van der Waals surface area (Å²) in [5.41, 5.74) is 7.82. The van der Waals surface area contributed by atoms with Crippen LogP contribution in [0, 0.1) is 6.92 Å². The lowest BCUT2D eigenvalue weighted by Crippen LogP contribution is -2.27. The van der Waals surface area contributed by atoms with Gasteiger partial charge in [0.05, 0.1) is 12.7 Å². The van der Waals surface area contributed by atoms with Gasteiger partial charge >= 0.3 is 0 Å². The Bertz CT molecular complexity index is 353. The molecule has 0 spiro atoms. The monoisotopic (exact) mass is 207 g/mol. The highest BCUT2D eigenvalue weighted by molar-refractivity contribution is 5.26. The second-order valence-electron chi connectivity index (χ2n) is 4.10. The molecule has 3 nitrogen and oxygen atoms in total. The number of ether oxygens (including phenoxy) is 2. The van der Waals surface area contributed by atoms with E-state index in [9.17, 15) is 0 Å². The molecule has 1 heterocycles. The first-order valence-corrected chi connectivity index (χ1v) is 5.23. The Morgan fingerprint density at radius 3 is 2.93 bits per heavy atom. The van der Waals surface area contributed by atoms with Crippen LogP contribution >= 0.6 is 0 Å². The van der Waals surface area contributed by atoms with Gasteiger partial charge in [0.1, 0.15) is 0 Å². The van der Waals surface area contributed by atoms with E-state index in [-0.39, 0.29) is 6.10 Å². The molecule has 0 aliphatic carbocycles. The standard InChI is InChI=1S/C12H17NO2/c1-9-4-3-5-10(6-9)12(2)14-8-11(7-13)15-12/h3-6,11H,7-8,13H2,1-2H3. The van der Waals surface area contributed by atoms with Crippen LogP contribution in [0.25, 0.3) is 0 Å². The van der Waals surface area contributed by atoms with Crippen LogP contribution in [0.1, 0.15) is 18.1 Å². The molecular weight excluding hydrogens is 190 g/mol. The zero-order valence-electron chi connectivity index (χ0n) is 9.19. The Balaban J connectivity index is 2.23. The average Bonchev–Trinajstić information content (AvgIpc) is 2.62. The largest absolute Gasteiger partial charge is 0.343 e. The first kappa shape index (κ1) is 10.6. The molecule has 1 saturated heterocycles. The van der Waals surface area contributed by atoms with Crippen molar-refractivity contribution in [3.8, 4) is 0 Å². The average molecular weight is 207 g/mol. The number of aryl methyl sites for hydroxylation is 1. The third kappa shape index (κ3) is 2.04. The molecule has 2 N–H and O–H groups in total. The van der Waals surface area contributed by atoms with Crippen molar-refractivity contribution < 1.29 is 9.47 Å². The van der Waals surface area contributed by atoms with Gasteiger partial charge in [0, 0.05) is 12.1 Å². The van der Waals surface area contributed by atoms with Gasteiger partial charge in [-0.25, -0.2) is 0 Å². The van der Waals surface area contributed by atoms with Gasteiger partial charge in [-0.15, -0.1) is 0 Å². The molecule has 0 amide bonds. The molecule has 0 bridgehead atoms. The molecule has 0 aromatic heterocycles. The molecule has 15 heavy (non-hydrogen) atoms. The lowest BCUT2D eigenvalue weighted by molar-refractivity contribution is -0.160. The Morgan fingerprint density at radius 1 is 1.53 bits per heavy atom. The highest BCUT2D eigenvalue weighted by atomic mass is 16.7. The fraction of sp³-hybridized carbons (Fsp3) is 0.500. The van der Waals surface area contributed by atoms with E-state index < -0.39 is 5.79 Å². The molecule has 1 aromatic rings. The van der Waals surface area contributed by atoms with E-state index in [0.29, 0.717) is 13.2 Å². The predicted octanol–water partition coefficient (Wildman–Crippen LogP) is 1.54. The van der Waals surface area contributed by atoms with Crippen molar-refractivity contribution in [2.75, 3.05) is 13.2 Å². The van der Waals surface area contributed by atoms with Crippen LogP contribution < -0.4 is 5.73 Å². The predicted molar refractivity (Wildman–Crippen MR) is 58.4 cm³/mol. The maximum atomic E-state index is 5.79. The normalized spacial score (nSPS) is 30.7. The van der Waals surface area contributed by atoms with Gasteiger partial charge in [-0.2, -0.15) is 0 Å². The van der Waals surface area contributed by atoms with Crippen LogP contribution in [-0.4, -0.2) is 19.3 Å². The molecule has 1 aromatic carbocycles. The van der Waals surface area contributed by atoms with Crippen LogP contribution in [0.3, 0.4) is 0 Å². The molecule has 0 radical (unpaired) electrons. The van der Waals surface area contributed by atoms with E-state index in [1.165, 1.54) is 5.56 Å². The summed E-state index contributed by atoms with van der Waals surface area (Å²) in [5, 5.41) is 0. The van der Waals surface area contributed by atoms with Gasteiger partial charge in [-0.3, -0.25) is 0 Å².